The number of nitrogens with one attached hydrogen (secondary N) is 1. The Morgan fingerprint density at radius 2 is 1.93 bits per heavy atom. The number of fused-ring (bicyclic) bond motifs is 2. The van der Waals surface area contributed by atoms with Crippen molar-refractivity contribution in [2.75, 3.05) is 0 Å². The van der Waals surface area contributed by atoms with E-state index in [0.29, 0.717) is 5.39 Å². The van der Waals surface area contributed by atoms with Gasteiger partial charge in [0.1, 0.15) is 6.54 Å². The molecule has 0 aliphatic carbocycles. The number of alkyl halides is 2. The van der Waals surface area contributed by atoms with Gasteiger partial charge < -0.3 is 10.2 Å². The number of rotatable bonds is 4. The van der Waals surface area contributed by atoms with E-state index in [1.807, 2.05) is 0 Å². The van der Waals surface area contributed by atoms with Crippen LogP contribution < -0.4 is 11.2 Å². The van der Waals surface area contributed by atoms with E-state index >= 15 is 0 Å². The zero-order chi connectivity index (χ0) is 21.8. The molecule has 2 heterocycles. The molecule has 4 rings (SSSR count). The molecule has 2 aromatic carbocycles. The summed E-state index contributed by atoms with van der Waals surface area (Å²) in [4.78, 5) is 25.4. The van der Waals surface area contributed by atoms with Crippen LogP contribution in [0.4, 0.5) is 8.78 Å². The summed E-state index contributed by atoms with van der Waals surface area (Å²) in [6, 6.07) is 6.05. The Morgan fingerprint density at radius 1 is 1.20 bits per heavy atom. The van der Waals surface area contributed by atoms with Gasteiger partial charge in [-0.3, -0.25) is 9.48 Å². The highest BCUT2D eigenvalue weighted by Crippen LogP contribution is 2.30. The van der Waals surface area contributed by atoms with Crippen molar-refractivity contribution in [1.29, 1.82) is 0 Å². The maximum atomic E-state index is 13.3. The number of hydrogen-bond acceptors (Lipinski definition) is 6. The second kappa shape index (κ2) is 6.92. The highest BCUT2D eigenvalue weighted by molar-refractivity contribution is 7.91. The van der Waals surface area contributed by atoms with Gasteiger partial charge in [0.25, 0.3) is 12.0 Å². The quantitative estimate of drug-likeness (QED) is 0.452. The van der Waals surface area contributed by atoms with E-state index in [1.54, 1.807) is 0 Å². The molecule has 156 valence electrons. The molecule has 0 unspecified atom stereocenters. The van der Waals surface area contributed by atoms with Gasteiger partial charge >= 0.3 is 5.69 Å². The predicted molar refractivity (Wildman–Crippen MR) is 102 cm³/mol. The van der Waals surface area contributed by atoms with Crippen LogP contribution in [0.2, 0.25) is 5.02 Å². The van der Waals surface area contributed by atoms with Crippen molar-refractivity contribution in [2.45, 2.75) is 22.8 Å². The highest BCUT2D eigenvalue weighted by Gasteiger charge is 2.25. The van der Waals surface area contributed by atoms with Crippen LogP contribution in [0.15, 0.2) is 55.9 Å². The first-order chi connectivity index (χ1) is 14.1. The normalized spacial score (nSPS) is 12.3. The van der Waals surface area contributed by atoms with Crippen LogP contribution in [0.3, 0.4) is 0 Å². The number of benzene rings is 2. The van der Waals surface area contributed by atoms with Crippen molar-refractivity contribution in [3.63, 3.8) is 0 Å². The summed E-state index contributed by atoms with van der Waals surface area (Å²) < 4.78 is 52.8. The van der Waals surface area contributed by atoms with E-state index < -0.39 is 44.3 Å². The van der Waals surface area contributed by atoms with Crippen LogP contribution in [0.25, 0.3) is 21.8 Å². The molecule has 2 aromatic heterocycles. The Balaban J connectivity index is 1.99. The zero-order valence-corrected chi connectivity index (χ0v) is 16.3. The number of nitrogens with zero attached hydrogens (tertiary/aromatic N) is 3. The molecule has 9 nitrogen and oxygen atoms in total. The monoisotopic (exact) mass is 456 g/mol. The molecule has 0 fully saturated rings. The summed E-state index contributed by atoms with van der Waals surface area (Å²) in [7, 11) is -4.33. The summed E-state index contributed by atoms with van der Waals surface area (Å²) in [5.41, 5.74) is -2.66. The van der Waals surface area contributed by atoms with Gasteiger partial charge in [0.05, 0.1) is 37.4 Å². The second-order valence-corrected chi connectivity index (χ2v) is 8.61. The molecule has 0 saturated heterocycles. The lowest BCUT2D eigenvalue weighted by Gasteiger charge is -2.10. The smallest absolute Gasteiger partial charge is 0.362 e. The summed E-state index contributed by atoms with van der Waals surface area (Å²) in [5.74, 6) is 0. The van der Waals surface area contributed by atoms with E-state index in [0.717, 1.165) is 16.8 Å². The third kappa shape index (κ3) is 3.04. The number of aromatic nitrogens is 4. The third-order valence-corrected chi connectivity index (χ3v) is 6.58. The lowest BCUT2D eigenvalue weighted by Crippen LogP contribution is -2.33. The molecule has 4 aromatic rings. The van der Waals surface area contributed by atoms with Gasteiger partial charge in [0.2, 0.25) is 9.84 Å². The molecule has 2 N–H and O–H groups in total. The van der Waals surface area contributed by atoms with E-state index in [2.05, 4.69) is 10.1 Å². The van der Waals surface area contributed by atoms with Crippen LogP contribution in [0.5, 0.6) is 0 Å². The molecule has 0 atom stereocenters. The largest absolute Gasteiger partial charge is 0.421 e. The van der Waals surface area contributed by atoms with Gasteiger partial charge in [0.15, 0.2) is 0 Å². The predicted octanol–water partition coefficient (Wildman–Crippen LogP) is 2.03. The standard InChI is InChI=1S/C17H11ClF2N4O5S/c18-10-3-4-12(15-14(10)16(25)24(27)17(26)22-15)30(28,29)9-2-1-8-6-21-23(7-13(19)20)11(8)5-9/h1-6,13,27H,7H2,(H,22,26). The number of H-pyrrole nitrogens is 1. The molecular formula is C17H11ClF2N4O5S. The van der Waals surface area contributed by atoms with E-state index in [9.17, 15) is 32.0 Å². The van der Waals surface area contributed by atoms with Gasteiger partial charge in [-0.25, -0.2) is 22.0 Å². The van der Waals surface area contributed by atoms with Crippen LogP contribution in [0, 0.1) is 0 Å². The SMILES string of the molecule is O=c1[nH]c2c(S(=O)(=O)c3ccc4cnn(CC(F)F)c4c3)ccc(Cl)c2c(=O)n1O. The Morgan fingerprint density at radius 3 is 2.63 bits per heavy atom. The minimum atomic E-state index is -4.33. The van der Waals surface area contributed by atoms with E-state index in [1.165, 1.54) is 24.4 Å². The Kier molecular flexibility index (Phi) is 4.62. The molecule has 0 aliphatic rings. The van der Waals surface area contributed by atoms with E-state index in [-0.39, 0.29) is 25.7 Å². The molecule has 0 radical (unpaired) electrons. The summed E-state index contributed by atoms with van der Waals surface area (Å²) in [5, 5.41) is 13.2. The fourth-order valence-electron chi connectivity index (χ4n) is 3.09. The second-order valence-electron chi connectivity index (χ2n) is 6.28. The first-order valence-electron chi connectivity index (χ1n) is 8.27. The minimum Gasteiger partial charge on any atom is -0.421 e. The maximum absolute atomic E-state index is 13.3. The minimum absolute atomic E-state index is 0.167. The van der Waals surface area contributed by atoms with Crippen LogP contribution >= 0.6 is 11.6 Å². The average molecular weight is 457 g/mol. The summed E-state index contributed by atoms with van der Waals surface area (Å²) in [6.45, 7) is -0.722. The number of aromatic amines is 1. The van der Waals surface area contributed by atoms with Crippen molar-refractivity contribution < 1.29 is 22.4 Å². The van der Waals surface area contributed by atoms with Crippen molar-refractivity contribution in [2.24, 2.45) is 0 Å². The maximum Gasteiger partial charge on any atom is 0.362 e. The lowest BCUT2D eigenvalue weighted by atomic mass is 10.2. The van der Waals surface area contributed by atoms with Crippen molar-refractivity contribution in [3.05, 3.63) is 62.4 Å². The molecule has 30 heavy (non-hydrogen) atoms. The Labute approximate surface area is 170 Å². The highest BCUT2D eigenvalue weighted by atomic mass is 35.5. The van der Waals surface area contributed by atoms with Gasteiger partial charge in [-0.15, -0.1) is 0 Å². The summed E-state index contributed by atoms with van der Waals surface area (Å²) >= 11 is 5.96. The number of sulfone groups is 1. The molecular weight excluding hydrogens is 446 g/mol. The van der Waals surface area contributed by atoms with Crippen molar-refractivity contribution in [1.82, 2.24) is 19.5 Å². The summed E-state index contributed by atoms with van der Waals surface area (Å²) in [6.07, 6.45) is -1.37. The number of hydrogen-bond donors (Lipinski definition) is 2. The Hall–Kier alpha value is -3.25. The zero-order valence-electron chi connectivity index (χ0n) is 14.7. The molecule has 0 bridgehead atoms. The van der Waals surface area contributed by atoms with Crippen LogP contribution in [-0.4, -0.2) is 39.5 Å². The van der Waals surface area contributed by atoms with Gasteiger partial charge in [-0.2, -0.15) is 5.10 Å². The third-order valence-electron chi connectivity index (χ3n) is 4.47. The van der Waals surface area contributed by atoms with E-state index in [4.69, 9.17) is 11.6 Å². The van der Waals surface area contributed by atoms with Gasteiger partial charge in [0, 0.05) is 5.39 Å². The molecule has 0 aliphatic heterocycles. The molecule has 0 amide bonds. The molecule has 13 heteroatoms. The van der Waals surface area contributed by atoms with Gasteiger partial charge in [-0.05, 0) is 30.3 Å². The first-order valence-corrected chi connectivity index (χ1v) is 10.1. The van der Waals surface area contributed by atoms with Crippen LogP contribution in [0.1, 0.15) is 0 Å². The molecule has 0 spiro atoms. The Bertz CT molecular complexity index is 1540. The fourth-order valence-corrected chi connectivity index (χ4v) is 4.77. The fraction of sp³-hybridized carbons (Fsp3) is 0.118. The van der Waals surface area contributed by atoms with Crippen LogP contribution in [-0.2, 0) is 16.4 Å². The van der Waals surface area contributed by atoms with Crippen molar-refractivity contribution in [3.8, 4) is 0 Å². The van der Waals surface area contributed by atoms with Crippen molar-refractivity contribution >= 4 is 43.2 Å². The first kappa shape index (κ1) is 20.0. The topological polar surface area (TPSA) is 127 Å². The number of halogens is 3. The average Bonchev–Trinajstić information content (AvgIpc) is 3.07. The molecule has 0 saturated carbocycles. The lowest BCUT2D eigenvalue weighted by molar-refractivity contribution is 0.123. The van der Waals surface area contributed by atoms with Gasteiger partial charge in [-0.1, -0.05) is 16.3 Å².